The predicted octanol–water partition coefficient (Wildman–Crippen LogP) is 1.03. The van der Waals surface area contributed by atoms with E-state index in [1.165, 1.54) is 18.5 Å². The van der Waals surface area contributed by atoms with Gasteiger partial charge in [0.25, 0.3) is 0 Å². The fraction of sp³-hybridized carbons (Fsp3) is 0.556. The Morgan fingerprint density at radius 2 is 2.27 bits per heavy atom. The van der Waals surface area contributed by atoms with Crippen LogP contribution in [0.3, 0.4) is 0 Å². The maximum atomic E-state index is 3.33. The van der Waals surface area contributed by atoms with Crippen LogP contribution in [0.1, 0.15) is 12.8 Å². The number of nitrogens with one attached hydrogen (secondary N) is 2. The van der Waals surface area contributed by atoms with Crippen LogP contribution < -0.4 is 10.6 Å². The second-order valence-corrected chi connectivity index (χ2v) is 2.67. The minimum Gasteiger partial charge on any atom is -0.384 e. The van der Waals surface area contributed by atoms with Crippen LogP contribution in [0, 0.1) is 0 Å². The first-order chi connectivity index (χ1) is 5.43. The van der Waals surface area contributed by atoms with Crippen LogP contribution in [0.4, 0.5) is 0 Å². The second kappa shape index (κ2) is 4.97. The summed E-state index contributed by atoms with van der Waals surface area (Å²) in [6.45, 7) is 2.03. The molecule has 0 fully saturated rings. The molecule has 0 radical (unpaired) electrons. The smallest absolute Gasteiger partial charge is 0.0296 e. The predicted molar refractivity (Wildman–Crippen MR) is 48.4 cm³/mol. The first-order valence-corrected chi connectivity index (χ1v) is 4.18. The maximum Gasteiger partial charge on any atom is 0.0296 e. The summed E-state index contributed by atoms with van der Waals surface area (Å²) in [6, 6.07) is 0. The fourth-order valence-electron chi connectivity index (χ4n) is 1.08. The van der Waals surface area contributed by atoms with E-state index >= 15 is 0 Å². The van der Waals surface area contributed by atoms with Crippen LogP contribution in [-0.2, 0) is 0 Å². The van der Waals surface area contributed by atoms with Gasteiger partial charge in [-0.05, 0) is 26.0 Å². The topological polar surface area (TPSA) is 24.1 Å². The second-order valence-electron chi connectivity index (χ2n) is 2.67. The maximum absolute atomic E-state index is 3.33. The molecular weight excluding hydrogens is 136 g/mol. The number of likely N-dealkylation sites (N-methyl/N-ethyl adjacent to an activating group) is 1. The molecule has 1 aliphatic rings. The molecule has 0 saturated carbocycles. The van der Waals surface area contributed by atoms with E-state index in [4.69, 9.17) is 0 Å². The molecule has 0 saturated heterocycles. The van der Waals surface area contributed by atoms with Gasteiger partial charge in [0, 0.05) is 18.8 Å². The van der Waals surface area contributed by atoms with Gasteiger partial charge < -0.3 is 10.6 Å². The van der Waals surface area contributed by atoms with Gasteiger partial charge in [0.05, 0.1) is 0 Å². The molecule has 62 valence electrons. The van der Waals surface area contributed by atoms with Crippen molar-refractivity contribution in [2.24, 2.45) is 0 Å². The molecule has 1 rings (SSSR count). The number of allylic oxidation sites excluding steroid dienone is 3. The highest BCUT2D eigenvalue weighted by Gasteiger charge is 1.93. The van der Waals surface area contributed by atoms with Crippen LogP contribution in [0.25, 0.3) is 0 Å². The molecule has 0 aromatic carbocycles. The number of hydrogen-bond acceptors (Lipinski definition) is 2. The highest BCUT2D eigenvalue weighted by molar-refractivity contribution is 5.20. The molecule has 1 aliphatic carbocycles. The quantitative estimate of drug-likeness (QED) is 0.588. The van der Waals surface area contributed by atoms with E-state index in [2.05, 4.69) is 28.9 Å². The zero-order valence-corrected chi connectivity index (χ0v) is 7.06. The van der Waals surface area contributed by atoms with Gasteiger partial charge in [-0.3, -0.25) is 0 Å². The summed E-state index contributed by atoms with van der Waals surface area (Å²) in [5.41, 5.74) is 1.27. The van der Waals surface area contributed by atoms with E-state index in [9.17, 15) is 0 Å². The van der Waals surface area contributed by atoms with Crippen LogP contribution in [0.15, 0.2) is 23.9 Å². The van der Waals surface area contributed by atoms with Crippen molar-refractivity contribution in [3.63, 3.8) is 0 Å². The van der Waals surface area contributed by atoms with Gasteiger partial charge in [-0.25, -0.2) is 0 Å². The van der Waals surface area contributed by atoms with E-state index in [1.807, 2.05) is 7.05 Å². The molecule has 0 aromatic rings. The molecule has 11 heavy (non-hydrogen) atoms. The lowest BCUT2D eigenvalue weighted by Crippen LogP contribution is -2.24. The van der Waals surface area contributed by atoms with Crippen molar-refractivity contribution in [2.45, 2.75) is 12.8 Å². The lowest BCUT2D eigenvalue weighted by Gasteiger charge is -2.09. The van der Waals surface area contributed by atoms with Crippen LogP contribution in [-0.4, -0.2) is 20.1 Å². The summed E-state index contributed by atoms with van der Waals surface area (Å²) in [4.78, 5) is 0. The number of hydrogen-bond donors (Lipinski definition) is 2. The molecule has 0 amide bonds. The van der Waals surface area contributed by atoms with Gasteiger partial charge in [-0.2, -0.15) is 0 Å². The Balaban J connectivity index is 2.15. The van der Waals surface area contributed by atoms with E-state index in [-0.39, 0.29) is 0 Å². The van der Waals surface area contributed by atoms with Crippen molar-refractivity contribution in [1.82, 2.24) is 10.6 Å². The molecule has 0 bridgehead atoms. The van der Waals surface area contributed by atoms with E-state index in [1.54, 1.807) is 0 Å². The monoisotopic (exact) mass is 152 g/mol. The van der Waals surface area contributed by atoms with E-state index in [0.29, 0.717) is 0 Å². The van der Waals surface area contributed by atoms with Crippen molar-refractivity contribution in [1.29, 1.82) is 0 Å². The standard InChI is InChI=1S/C9H16N2/c1-10-7-8-11-9-5-3-2-4-6-9/h3,5-6,10-11H,2,4,7-8H2,1H3. The Morgan fingerprint density at radius 3 is 2.91 bits per heavy atom. The van der Waals surface area contributed by atoms with Crippen molar-refractivity contribution in [2.75, 3.05) is 20.1 Å². The molecule has 0 unspecified atom stereocenters. The van der Waals surface area contributed by atoms with Crippen molar-refractivity contribution >= 4 is 0 Å². The molecule has 0 spiro atoms. The molecule has 0 heterocycles. The SMILES string of the molecule is CNCCNC1=CCCC=C1. The van der Waals surface area contributed by atoms with Crippen molar-refractivity contribution in [3.8, 4) is 0 Å². The first kappa shape index (κ1) is 8.34. The molecule has 0 atom stereocenters. The highest BCUT2D eigenvalue weighted by Crippen LogP contribution is 2.05. The third-order valence-corrected chi connectivity index (χ3v) is 1.70. The van der Waals surface area contributed by atoms with Gasteiger partial charge in [0.2, 0.25) is 0 Å². The highest BCUT2D eigenvalue weighted by atomic mass is 14.9. The molecule has 2 nitrogen and oxygen atoms in total. The van der Waals surface area contributed by atoms with E-state index < -0.39 is 0 Å². The summed E-state index contributed by atoms with van der Waals surface area (Å²) in [7, 11) is 1.97. The summed E-state index contributed by atoms with van der Waals surface area (Å²) in [6.07, 6.45) is 8.98. The minimum absolute atomic E-state index is 1.01. The van der Waals surface area contributed by atoms with Gasteiger partial charge in [0.1, 0.15) is 0 Å². The normalized spacial score (nSPS) is 16.3. The molecular formula is C9H16N2. The van der Waals surface area contributed by atoms with Crippen LogP contribution >= 0.6 is 0 Å². The zero-order chi connectivity index (χ0) is 7.94. The van der Waals surface area contributed by atoms with Crippen LogP contribution in [0.5, 0.6) is 0 Å². The Morgan fingerprint density at radius 1 is 1.36 bits per heavy atom. The lowest BCUT2D eigenvalue weighted by atomic mass is 10.1. The minimum atomic E-state index is 1.01. The Bertz CT molecular complexity index is 159. The molecule has 0 aliphatic heterocycles. The Labute approximate surface area is 68.4 Å². The Kier molecular flexibility index (Phi) is 3.76. The average Bonchev–Trinajstić information content (AvgIpc) is 2.07. The van der Waals surface area contributed by atoms with Gasteiger partial charge in [-0.1, -0.05) is 12.2 Å². The summed E-state index contributed by atoms with van der Waals surface area (Å²) in [5, 5.41) is 6.43. The molecule has 0 aromatic heterocycles. The summed E-state index contributed by atoms with van der Waals surface area (Å²) in [5.74, 6) is 0. The fourth-order valence-corrected chi connectivity index (χ4v) is 1.08. The van der Waals surface area contributed by atoms with Crippen LogP contribution in [0.2, 0.25) is 0 Å². The lowest BCUT2D eigenvalue weighted by molar-refractivity contribution is 0.720. The summed E-state index contributed by atoms with van der Waals surface area (Å²) >= 11 is 0. The van der Waals surface area contributed by atoms with E-state index in [0.717, 1.165) is 13.1 Å². The largest absolute Gasteiger partial charge is 0.384 e. The first-order valence-electron chi connectivity index (χ1n) is 4.18. The Hall–Kier alpha value is -0.760. The summed E-state index contributed by atoms with van der Waals surface area (Å²) < 4.78 is 0. The third-order valence-electron chi connectivity index (χ3n) is 1.70. The van der Waals surface area contributed by atoms with Crippen molar-refractivity contribution < 1.29 is 0 Å². The van der Waals surface area contributed by atoms with Crippen molar-refractivity contribution in [3.05, 3.63) is 23.9 Å². The van der Waals surface area contributed by atoms with Gasteiger partial charge in [-0.15, -0.1) is 0 Å². The zero-order valence-electron chi connectivity index (χ0n) is 7.06. The number of rotatable bonds is 4. The van der Waals surface area contributed by atoms with Gasteiger partial charge in [0.15, 0.2) is 0 Å². The van der Waals surface area contributed by atoms with Gasteiger partial charge >= 0.3 is 0 Å². The molecule has 2 N–H and O–H groups in total. The average molecular weight is 152 g/mol. The third kappa shape index (κ3) is 3.23. The molecule has 2 heteroatoms.